The molecular formula is C21H14BrFN2O2. The lowest BCUT2D eigenvalue weighted by atomic mass is 10.1. The number of halogens is 2. The van der Waals surface area contributed by atoms with Gasteiger partial charge in [0.05, 0.1) is 4.47 Å². The summed E-state index contributed by atoms with van der Waals surface area (Å²) in [6, 6.07) is 21.4. The molecule has 0 spiro atoms. The van der Waals surface area contributed by atoms with Crippen LogP contribution in [-0.2, 0) is 6.61 Å². The minimum absolute atomic E-state index is 0.305. The molecule has 1 heterocycles. The van der Waals surface area contributed by atoms with Crippen LogP contribution < -0.4 is 4.74 Å². The molecule has 1 aromatic heterocycles. The summed E-state index contributed by atoms with van der Waals surface area (Å²) in [6.45, 7) is 0.412. The molecule has 0 atom stereocenters. The van der Waals surface area contributed by atoms with Crippen LogP contribution in [0.5, 0.6) is 5.75 Å². The van der Waals surface area contributed by atoms with E-state index in [2.05, 4.69) is 26.1 Å². The normalized spacial score (nSPS) is 10.7. The van der Waals surface area contributed by atoms with Gasteiger partial charge >= 0.3 is 0 Å². The second-order valence-electron chi connectivity index (χ2n) is 5.85. The Hall–Kier alpha value is -2.99. The van der Waals surface area contributed by atoms with Gasteiger partial charge in [0.15, 0.2) is 0 Å². The van der Waals surface area contributed by atoms with E-state index in [0.717, 1.165) is 21.3 Å². The van der Waals surface area contributed by atoms with Crippen molar-refractivity contribution in [2.75, 3.05) is 0 Å². The monoisotopic (exact) mass is 424 g/mol. The Balaban J connectivity index is 1.52. The van der Waals surface area contributed by atoms with Crippen molar-refractivity contribution in [2.24, 2.45) is 0 Å². The summed E-state index contributed by atoms with van der Waals surface area (Å²) in [5, 5.41) is 3.98. The van der Waals surface area contributed by atoms with Crippen molar-refractivity contribution in [2.45, 2.75) is 6.61 Å². The summed E-state index contributed by atoms with van der Waals surface area (Å²) in [5.74, 6) is 1.29. The first-order valence-corrected chi connectivity index (χ1v) is 9.04. The van der Waals surface area contributed by atoms with Crippen LogP contribution in [-0.4, -0.2) is 10.1 Å². The topological polar surface area (TPSA) is 48.2 Å². The van der Waals surface area contributed by atoms with E-state index in [4.69, 9.17) is 9.26 Å². The second kappa shape index (κ2) is 7.72. The van der Waals surface area contributed by atoms with Crippen molar-refractivity contribution in [1.29, 1.82) is 0 Å². The van der Waals surface area contributed by atoms with Crippen molar-refractivity contribution in [3.8, 4) is 28.6 Å². The van der Waals surface area contributed by atoms with Crippen LogP contribution in [0.4, 0.5) is 4.39 Å². The molecule has 134 valence electrons. The van der Waals surface area contributed by atoms with E-state index in [9.17, 15) is 4.39 Å². The maximum absolute atomic E-state index is 13.1. The standard InChI is InChI=1S/C21H14BrFN2O2/c22-18-6-1-2-7-19(18)26-13-14-4-3-5-16(12-14)21-24-20(25-27-21)15-8-10-17(23)11-9-15/h1-12H,13H2. The molecule has 0 N–H and O–H groups in total. The van der Waals surface area contributed by atoms with E-state index in [1.54, 1.807) is 12.1 Å². The lowest BCUT2D eigenvalue weighted by Crippen LogP contribution is -1.96. The summed E-state index contributed by atoms with van der Waals surface area (Å²) in [5.41, 5.74) is 2.47. The summed E-state index contributed by atoms with van der Waals surface area (Å²) in [6.07, 6.45) is 0. The molecule has 0 unspecified atom stereocenters. The van der Waals surface area contributed by atoms with Crippen molar-refractivity contribution in [1.82, 2.24) is 10.1 Å². The number of para-hydroxylation sites is 1. The van der Waals surface area contributed by atoms with E-state index in [-0.39, 0.29) is 5.82 Å². The highest BCUT2D eigenvalue weighted by Gasteiger charge is 2.11. The third-order valence-electron chi connectivity index (χ3n) is 3.93. The first kappa shape index (κ1) is 17.4. The number of nitrogens with zero attached hydrogens (tertiary/aromatic N) is 2. The summed E-state index contributed by atoms with van der Waals surface area (Å²) in [7, 11) is 0. The van der Waals surface area contributed by atoms with Crippen molar-refractivity contribution >= 4 is 15.9 Å². The van der Waals surface area contributed by atoms with Crippen LogP contribution in [0.25, 0.3) is 22.8 Å². The van der Waals surface area contributed by atoms with Gasteiger partial charge in [0.2, 0.25) is 5.82 Å². The molecule has 0 bridgehead atoms. The Bertz CT molecular complexity index is 1060. The molecule has 3 aromatic carbocycles. The zero-order valence-corrected chi connectivity index (χ0v) is 15.7. The van der Waals surface area contributed by atoms with Gasteiger partial charge in [-0.2, -0.15) is 4.98 Å². The molecular weight excluding hydrogens is 411 g/mol. The lowest BCUT2D eigenvalue weighted by molar-refractivity contribution is 0.304. The molecule has 0 aliphatic heterocycles. The molecule has 0 amide bonds. The van der Waals surface area contributed by atoms with Gasteiger partial charge in [0.1, 0.15) is 18.2 Å². The molecule has 0 aliphatic rings. The highest BCUT2D eigenvalue weighted by Crippen LogP contribution is 2.26. The molecule has 0 saturated heterocycles. The van der Waals surface area contributed by atoms with Crippen LogP contribution in [0.1, 0.15) is 5.56 Å². The zero-order chi connectivity index (χ0) is 18.6. The summed E-state index contributed by atoms with van der Waals surface area (Å²) in [4.78, 5) is 4.41. The molecule has 0 saturated carbocycles. The first-order valence-electron chi connectivity index (χ1n) is 8.25. The fourth-order valence-corrected chi connectivity index (χ4v) is 2.97. The third-order valence-corrected chi connectivity index (χ3v) is 4.59. The van der Waals surface area contributed by atoms with E-state index < -0.39 is 0 Å². The SMILES string of the molecule is Fc1ccc(-c2noc(-c3cccc(COc4ccccc4Br)c3)n2)cc1. The van der Waals surface area contributed by atoms with Gasteiger partial charge in [-0.25, -0.2) is 4.39 Å². The van der Waals surface area contributed by atoms with Gasteiger partial charge in [-0.3, -0.25) is 0 Å². The lowest BCUT2D eigenvalue weighted by Gasteiger charge is -2.08. The zero-order valence-electron chi connectivity index (χ0n) is 14.1. The highest BCUT2D eigenvalue weighted by atomic mass is 79.9. The minimum atomic E-state index is -0.305. The van der Waals surface area contributed by atoms with Crippen molar-refractivity contribution < 1.29 is 13.7 Å². The van der Waals surface area contributed by atoms with Gasteiger partial charge in [-0.1, -0.05) is 29.4 Å². The van der Waals surface area contributed by atoms with Crippen molar-refractivity contribution in [3.63, 3.8) is 0 Å². The Morgan fingerprint density at radius 2 is 1.74 bits per heavy atom. The Morgan fingerprint density at radius 3 is 2.56 bits per heavy atom. The smallest absolute Gasteiger partial charge is 0.258 e. The molecule has 0 fully saturated rings. The van der Waals surface area contributed by atoms with Crippen LogP contribution >= 0.6 is 15.9 Å². The van der Waals surface area contributed by atoms with Crippen LogP contribution in [0.2, 0.25) is 0 Å². The van der Waals surface area contributed by atoms with Crippen LogP contribution in [0, 0.1) is 5.82 Å². The number of hydrogen-bond acceptors (Lipinski definition) is 4. The van der Waals surface area contributed by atoms with Crippen LogP contribution in [0.15, 0.2) is 81.8 Å². The first-order chi connectivity index (χ1) is 13.2. The number of aromatic nitrogens is 2. The van der Waals surface area contributed by atoms with Gasteiger partial charge in [0.25, 0.3) is 5.89 Å². The molecule has 0 aliphatic carbocycles. The second-order valence-corrected chi connectivity index (χ2v) is 6.70. The maximum Gasteiger partial charge on any atom is 0.258 e. The van der Waals surface area contributed by atoms with E-state index in [0.29, 0.717) is 23.9 Å². The van der Waals surface area contributed by atoms with E-state index in [1.165, 1.54) is 12.1 Å². The molecule has 4 nitrogen and oxygen atoms in total. The number of ether oxygens (including phenoxy) is 1. The molecule has 6 heteroatoms. The number of benzene rings is 3. The number of rotatable bonds is 5. The Morgan fingerprint density at radius 1 is 0.926 bits per heavy atom. The quantitative estimate of drug-likeness (QED) is 0.401. The van der Waals surface area contributed by atoms with Crippen LogP contribution in [0.3, 0.4) is 0 Å². The fraction of sp³-hybridized carbons (Fsp3) is 0.0476. The molecule has 4 aromatic rings. The maximum atomic E-state index is 13.1. The van der Waals surface area contributed by atoms with Gasteiger partial charge in [0, 0.05) is 11.1 Å². The van der Waals surface area contributed by atoms with E-state index in [1.807, 2.05) is 48.5 Å². The van der Waals surface area contributed by atoms with E-state index >= 15 is 0 Å². The largest absolute Gasteiger partial charge is 0.488 e. The Labute approximate surface area is 163 Å². The Kier molecular flexibility index (Phi) is 4.98. The summed E-state index contributed by atoms with van der Waals surface area (Å²) >= 11 is 3.47. The highest BCUT2D eigenvalue weighted by molar-refractivity contribution is 9.10. The predicted octanol–water partition coefficient (Wildman–Crippen LogP) is 5.88. The molecule has 4 rings (SSSR count). The van der Waals surface area contributed by atoms with Gasteiger partial charge in [-0.15, -0.1) is 0 Å². The van der Waals surface area contributed by atoms with Crippen molar-refractivity contribution in [3.05, 3.63) is 88.6 Å². The molecule has 0 radical (unpaired) electrons. The van der Waals surface area contributed by atoms with Gasteiger partial charge < -0.3 is 9.26 Å². The number of hydrogen-bond donors (Lipinski definition) is 0. The molecule has 27 heavy (non-hydrogen) atoms. The average Bonchev–Trinajstić information content (AvgIpc) is 3.18. The third kappa shape index (κ3) is 4.06. The fourth-order valence-electron chi connectivity index (χ4n) is 2.57. The van der Waals surface area contributed by atoms with Gasteiger partial charge in [-0.05, 0) is 70.0 Å². The average molecular weight is 425 g/mol. The predicted molar refractivity (Wildman–Crippen MR) is 104 cm³/mol. The minimum Gasteiger partial charge on any atom is -0.488 e. The summed E-state index contributed by atoms with van der Waals surface area (Å²) < 4.78 is 25.2.